The molecule has 0 aromatic carbocycles. The molecule has 1 aromatic rings. The molecule has 0 saturated carbocycles. The Hall–Kier alpha value is -1.42. The molecule has 1 amide bonds. The van der Waals surface area contributed by atoms with Gasteiger partial charge < -0.3 is 11.1 Å². The SMILES string of the molecule is NCC(=O)NCCc1ccccn1. The molecule has 0 spiro atoms. The lowest BCUT2D eigenvalue weighted by atomic mass is 10.3. The maximum atomic E-state index is 10.7. The van der Waals surface area contributed by atoms with Crippen molar-refractivity contribution in [3.63, 3.8) is 0 Å². The molecule has 0 bridgehead atoms. The second-order valence-electron chi connectivity index (χ2n) is 2.63. The van der Waals surface area contributed by atoms with Crippen LogP contribution in [0.25, 0.3) is 0 Å². The number of nitrogens with zero attached hydrogens (tertiary/aromatic N) is 1. The molecular formula is C9H13N3O. The highest BCUT2D eigenvalue weighted by molar-refractivity contribution is 5.77. The number of pyridine rings is 1. The van der Waals surface area contributed by atoms with Crippen LogP contribution in [0.4, 0.5) is 0 Å². The Bertz CT molecular complexity index is 261. The maximum Gasteiger partial charge on any atom is 0.233 e. The van der Waals surface area contributed by atoms with E-state index in [0.717, 1.165) is 12.1 Å². The first-order chi connectivity index (χ1) is 6.33. The first-order valence-corrected chi connectivity index (χ1v) is 4.19. The minimum absolute atomic E-state index is 0.0439. The number of hydrogen-bond donors (Lipinski definition) is 2. The van der Waals surface area contributed by atoms with Crippen LogP contribution in [0.5, 0.6) is 0 Å². The number of carbonyl (C=O) groups excluding carboxylic acids is 1. The van der Waals surface area contributed by atoms with Gasteiger partial charge in [0.05, 0.1) is 6.54 Å². The van der Waals surface area contributed by atoms with Crippen molar-refractivity contribution in [2.24, 2.45) is 5.73 Å². The van der Waals surface area contributed by atoms with Crippen molar-refractivity contribution >= 4 is 5.91 Å². The molecule has 4 nitrogen and oxygen atoms in total. The molecule has 0 aliphatic carbocycles. The molecule has 1 aromatic heterocycles. The van der Waals surface area contributed by atoms with Gasteiger partial charge in [0.15, 0.2) is 0 Å². The van der Waals surface area contributed by atoms with Crippen LogP contribution in [0.1, 0.15) is 5.69 Å². The van der Waals surface area contributed by atoms with Crippen LogP contribution in [0.2, 0.25) is 0 Å². The molecule has 3 N–H and O–H groups in total. The van der Waals surface area contributed by atoms with Crippen molar-refractivity contribution in [2.45, 2.75) is 6.42 Å². The van der Waals surface area contributed by atoms with Gasteiger partial charge in [0, 0.05) is 24.9 Å². The van der Waals surface area contributed by atoms with Gasteiger partial charge >= 0.3 is 0 Å². The molecule has 0 radical (unpaired) electrons. The quantitative estimate of drug-likeness (QED) is 0.666. The maximum absolute atomic E-state index is 10.7. The standard InChI is InChI=1S/C9H13N3O/c10-7-9(13)12-6-4-8-3-1-2-5-11-8/h1-3,5H,4,6-7,10H2,(H,12,13). The Labute approximate surface area is 77.2 Å². The molecular weight excluding hydrogens is 166 g/mol. The van der Waals surface area contributed by atoms with Crippen molar-refractivity contribution < 1.29 is 4.79 Å². The number of aromatic nitrogens is 1. The van der Waals surface area contributed by atoms with Crippen LogP contribution in [-0.2, 0) is 11.2 Å². The summed E-state index contributed by atoms with van der Waals surface area (Å²) >= 11 is 0. The molecule has 4 heteroatoms. The third kappa shape index (κ3) is 3.66. The molecule has 0 fully saturated rings. The van der Waals surface area contributed by atoms with Crippen molar-refractivity contribution in [2.75, 3.05) is 13.1 Å². The van der Waals surface area contributed by atoms with Gasteiger partial charge in [0.25, 0.3) is 0 Å². The largest absolute Gasteiger partial charge is 0.355 e. The number of nitrogens with two attached hydrogens (primary N) is 1. The van der Waals surface area contributed by atoms with Gasteiger partial charge in [0.2, 0.25) is 5.91 Å². The summed E-state index contributed by atoms with van der Waals surface area (Å²) in [4.78, 5) is 14.9. The third-order valence-electron chi connectivity index (χ3n) is 1.61. The van der Waals surface area contributed by atoms with E-state index in [1.807, 2.05) is 18.2 Å². The Morgan fingerprint density at radius 2 is 2.38 bits per heavy atom. The molecule has 0 aliphatic rings. The van der Waals surface area contributed by atoms with Crippen molar-refractivity contribution in [3.05, 3.63) is 30.1 Å². The number of nitrogens with one attached hydrogen (secondary N) is 1. The van der Waals surface area contributed by atoms with Crippen molar-refractivity contribution in [3.8, 4) is 0 Å². The highest BCUT2D eigenvalue weighted by Gasteiger charge is 1.96. The third-order valence-corrected chi connectivity index (χ3v) is 1.61. The van der Waals surface area contributed by atoms with Crippen LogP contribution in [0.3, 0.4) is 0 Å². The van der Waals surface area contributed by atoms with Crippen molar-refractivity contribution in [1.82, 2.24) is 10.3 Å². The monoisotopic (exact) mass is 179 g/mol. The smallest absolute Gasteiger partial charge is 0.233 e. The Morgan fingerprint density at radius 3 is 3.00 bits per heavy atom. The summed E-state index contributed by atoms with van der Waals surface area (Å²) in [5.41, 5.74) is 6.10. The Balaban J connectivity index is 2.24. The summed E-state index contributed by atoms with van der Waals surface area (Å²) in [7, 11) is 0. The van der Waals surface area contributed by atoms with Gasteiger partial charge in [-0.25, -0.2) is 0 Å². The van der Waals surface area contributed by atoms with Crippen LogP contribution in [0.15, 0.2) is 24.4 Å². The van der Waals surface area contributed by atoms with E-state index in [-0.39, 0.29) is 12.5 Å². The van der Waals surface area contributed by atoms with Gasteiger partial charge in [0.1, 0.15) is 0 Å². The van der Waals surface area contributed by atoms with E-state index >= 15 is 0 Å². The first-order valence-electron chi connectivity index (χ1n) is 4.19. The predicted molar refractivity (Wildman–Crippen MR) is 50.0 cm³/mol. The molecule has 1 rings (SSSR count). The lowest BCUT2D eigenvalue weighted by Gasteiger charge is -2.02. The first kappa shape index (κ1) is 9.67. The van der Waals surface area contributed by atoms with E-state index in [1.54, 1.807) is 6.20 Å². The topological polar surface area (TPSA) is 68.0 Å². The Kier molecular flexibility index (Phi) is 3.92. The number of amides is 1. The molecule has 1 heterocycles. The Morgan fingerprint density at radius 1 is 1.54 bits per heavy atom. The average molecular weight is 179 g/mol. The van der Waals surface area contributed by atoms with Gasteiger partial charge in [-0.3, -0.25) is 9.78 Å². The summed E-state index contributed by atoms with van der Waals surface area (Å²) in [6.45, 7) is 0.634. The van der Waals surface area contributed by atoms with E-state index in [9.17, 15) is 4.79 Å². The minimum atomic E-state index is -0.129. The van der Waals surface area contributed by atoms with Gasteiger partial charge in [-0.2, -0.15) is 0 Å². The molecule has 0 saturated heterocycles. The van der Waals surface area contributed by atoms with Crippen LogP contribution < -0.4 is 11.1 Å². The summed E-state index contributed by atoms with van der Waals surface area (Å²) in [5.74, 6) is -0.129. The summed E-state index contributed by atoms with van der Waals surface area (Å²) in [6.07, 6.45) is 2.48. The fraction of sp³-hybridized carbons (Fsp3) is 0.333. The minimum Gasteiger partial charge on any atom is -0.355 e. The number of carbonyl (C=O) groups is 1. The summed E-state index contributed by atoms with van der Waals surface area (Å²) < 4.78 is 0. The fourth-order valence-electron chi connectivity index (χ4n) is 0.948. The van der Waals surface area contributed by atoms with E-state index < -0.39 is 0 Å². The fourth-order valence-corrected chi connectivity index (χ4v) is 0.948. The highest BCUT2D eigenvalue weighted by atomic mass is 16.1. The second-order valence-corrected chi connectivity index (χ2v) is 2.63. The molecule has 13 heavy (non-hydrogen) atoms. The molecule has 0 aliphatic heterocycles. The van der Waals surface area contributed by atoms with E-state index in [2.05, 4.69) is 10.3 Å². The molecule has 70 valence electrons. The van der Waals surface area contributed by atoms with Crippen LogP contribution >= 0.6 is 0 Å². The summed E-state index contributed by atoms with van der Waals surface area (Å²) in [6, 6.07) is 5.71. The zero-order chi connectivity index (χ0) is 9.52. The lowest BCUT2D eigenvalue weighted by molar-refractivity contribution is -0.119. The van der Waals surface area contributed by atoms with Crippen molar-refractivity contribution in [1.29, 1.82) is 0 Å². The predicted octanol–water partition coefficient (Wildman–Crippen LogP) is -0.301. The number of rotatable bonds is 4. The second kappa shape index (κ2) is 5.27. The van der Waals surface area contributed by atoms with Gasteiger partial charge in [-0.1, -0.05) is 6.07 Å². The molecule has 0 unspecified atom stereocenters. The van der Waals surface area contributed by atoms with Gasteiger partial charge in [-0.05, 0) is 12.1 Å². The lowest BCUT2D eigenvalue weighted by Crippen LogP contribution is -2.31. The average Bonchev–Trinajstić information content (AvgIpc) is 2.19. The van der Waals surface area contributed by atoms with Crippen LogP contribution in [-0.4, -0.2) is 24.0 Å². The molecule has 0 atom stereocenters. The zero-order valence-electron chi connectivity index (χ0n) is 7.36. The van der Waals surface area contributed by atoms with Crippen LogP contribution in [0, 0.1) is 0 Å². The van der Waals surface area contributed by atoms with Gasteiger partial charge in [-0.15, -0.1) is 0 Å². The normalized spacial score (nSPS) is 9.62. The van der Waals surface area contributed by atoms with E-state index in [0.29, 0.717) is 6.54 Å². The highest BCUT2D eigenvalue weighted by Crippen LogP contribution is 1.92. The zero-order valence-corrected chi connectivity index (χ0v) is 7.36. The number of hydrogen-bond acceptors (Lipinski definition) is 3. The van der Waals surface area contributed by atoms with E-state index in [4.69, 9.17) is 5.73 Å². The van der Waals surface area contributed by atoms with E-state index in [1.165, 1.54) is 0 Å². The summed E-state index contributed by atoms with van der Waals surface area (Å²) in [5, 5.41) is 2.68.